The predicted octanol–water partition coefficient (Wildman–Crippen LogP) is 2.57. The molecule has 3 nitrogen and oxygen atoms in total. The second kappa shape index (κ2) is 4.94. The number of aryl methyl sites for hydroxylation is 1. The van der Waals surface area contributed by atoms with Crippen LogP contribution in [0.15, 0.2) is 36.5 Å². The first kappa shape index (κ1) is 10.9. The Morgan fingerprint density at radius 2 is 2.06 bits per heavy atom. The molecule has 0 radical (unpaired) electrons. The smallest absolute Gasteiger partial charge is 0.0535 e. The summed E-state index contributed by atoms with van der Waals surface area (Å²) in [6, 6.07) is 10.8. The fraction of sp³-hybridized carbons (Fsp3) is 0.308. The molecule has 1 heterocycles. The summed E-state index contributed by atoms with van der Waals surface area (Å²) in [4.78, 5) is 0. The summed E-state index contributed by atoms with van der Waals surface area (Å²) in [5.74, 6) is 0. The summed E-state index contributed by atoms with van der Waals surface area (Å²) >= 11 is 0. The average Bonchev–Trinajstić information content (AvgIpc) is 2.73. The summed E-state index contributed by atoms with van der Waals surface area (Å²) in [7, 11) is 0. The van der Waals surface area contributed by atoms with E-state index in [2.05, 4.69) is 46.7 Å². The van der Waals surface area contributed by atoms with E-state index in [9.17, 15) is 0 Å². The standard InChI is InChI=1S/C13H17N3/c1-10(12-6-4-3-5-7-12)14-8-13-9-15-16-11(13)2/h3-7,9-10,14H,8H2,1-2H3,(H,15,16). The van der Waals surface area contributed by atoms with Gasteiger partial charge in [0.25, 0.3) is 0 Å². The highest BCUT2D eigenvalue weighted by Crippen LogP contribution is 2.12. The molecular formula is C13H17N3. The number of benzene rings is 1. The van der Waals surface area contributed by atoms with Crippen molar-refractivity contribution < 1.29 is 0 Å². The molecule has 16 heavy (non-hydrogen) atoms. The normalized spacial score (nSPS) is 12.6. The molecule has 2 rings (SSSR count). The van der Waals surface area contributed by atoms with Gasteiger partial charge in [0.15, 0.2) is 0 Å². The fourth-order valence-electron chi connectivity index (χ4n) is 1.68. The number of aromatic nitrogens is 2. The van der Waals surface area contributed by atoms with E-state index in [1.807, 2.05) is 19.2 Å². The third-order valence-corrected chi connectivity index (χ3v) is 2.83. The highest BCUT2D eigenvalue weighted by Gasteiger charge is 2.05. The van der Waals surface area contributed by atoms with E-state index < -0.39 is 0 Å². The minimum absolute atomic E-state index is 0.357. The molecule has 1 aromatic heterocycles. The van der Waals surface area contributed by atoms with Crippen molar-refractivity contribution in [1.29, 1.82) is 0 Å². The first-order chi connectivity index (χ1) is 7.77. The van der Waals surface area contributed by atoms with E-state index in [0.29, 0.717) is 6.04 Å². The molecule has 84 valence electrons. The molecule has 0 aliphatic heterocycles. The highest BCUT2D eigenvalue weighted by molar-refractivity contribution is 5.19. The van der Waals surface area contributed by atoms with Crippen LogP contribution in [0.4, 0.5) is 0 Å². The van der Waals surface area contributed by atoms with Crippen molar-refractivity contribution in [2.45, 2.75) is 26.4 Å². The molecule has 1 aromatic carbocycles. The molecule has 0 aliphatic carbocycles. The van der Waals surface area contributed by atoms with Crippen molar-refractivity contribution in [1.82, 2.24) is 15.5 Å². The topological polar surface area (TPSA) is 40.7 Å². The molecule has 0 bridgehead atoms. The van der Waals surface area contributed by atoms with Crippen LogP contribution in [0.25, 0.3) is 0 Å². The van der Waals surface area contributed by atoms with E-state index >= 15 is 0 Å². The van der Waals surface area contributed by atoms with Crippen molar-refractivity contribution >= 4 is 0 Å². The molecule has 0 fully saturated rings. The first-order valence-corrected chi connectivity index (χ1v) is 5.54. The second-order valence-corrected chi connectivity index (χ2v) is 4.03. The van der Waals surface area contributed by atoms with Crippen molar-refractivity contribution in [3.63, 3.8) is 0 Å². The van der Waals surface area contributed by atoms with Crippen LogP contribution in [-0.4, -0.2) is 10.2 Å². The molecule has 0 saturated heterocycles. The van der Waals surface area contributed by atoms with Crippen molar-refractivity contribution in [2.75, 3.05) is 0 Å². The zero-order valence-corrected chi connectivity index (χ0v) is 9.70. The van der Waals surface area contributed by atoms with Crippen LogP contribution in [-0.2, 0) is 6.54 Å². The van der Waals surface area contributed by atoms with Gasteiger partial charge in [-0.3, -0.25) is 5.10 Å². The van der Waals surface area contributed by atoms with Crippen LogP contribution in [0, 0.1) is 6.92 Å². The number of hydrogen-bond donors (Lipinski definition) is 2. The molecule has 0 amide bonds. The molecule has 0 spiro atoms. The Morgan fingerprint density at radius 1 is 1.31 bits per heavy atom. The van der Waals surface area contributed by atoms with Gasteiger partial charge in [-0.2, -0.15) is 5.10 Å². The van der Waals surface area contributed by atoms with Crippen LogP contribution in [0.1, 0.15) is 29.8 Å². The molecular weight excluding hydrogens is 198 g/mol. The van der Waals surface area contributed by atoms with Gasteiger partial charge in [0.05, 0.1) is 6.20 Å². The molecule has 2 N–H and O–H groups in total. The summed E-state index contributed by atoms with van der Waals surface area (Å²) in [5.41, 5.74) is 3.67. The Kier molecular flexibility index (Phi) is 3.37. The van der Waals surface area contributed by atoms with Crippen molar-refractivity contribution in [3.05, 3.63) is 53.3 Å². The maximum absolute atomic E-state index is 4.01. The van der Waals surface area contributed by atoms with E-state index in [4.69, 9.17) is 0 Å². The lowest BCUT2D eigenvalue weighted by atomic mass is 10.1. The lowest BCUT2D eigenvalue weighted by Crippen LogP contribution is -2.18. The third kappa shape index (κ3) is 2.49. The lowest BCUT2D eigenvalue weighted by molar-refractivity contribution is 0.573. The van der Waals surface area contributed by atoms with Crippen molar-refractivity contribution in [2.24, 2.45) is 0 Å². The molecule has 1 atom stereocenters. The van der Waals surface area contributed by atoms with Crippen LogP contribution in [0.3, 0.4) is 0 Å². The zero-order chi connectivity index (χ0) is 11.4. The fourth-order valence-corrected chi connectivity index (χ4v) is 1.68. The maximum Gasteiger partial charge on any atom is 0.0535 e. The quantitative estimate of drug-likeness (QED) is 0.823. The Morgan fingerprint density at radius 3 is 2.69 bits per heavy atom. The van der Waals surface area contributed by atoms with Crippen LogP contribution >= 0.6 is 0 Å². The summed E-state index contributed by atoms with van der Waals surface area (Å²) in [6.07, 6.45) is 1.88. The van der Waals surface area contributed by atoms with Gasteiger partial charge >= 0.3 is 0 Å². The second-order valence-electron chi connectivity index (χ2n) is 4.03. The number of aromatic amines is 1. The summed E-state index contributed by atoms with van der Waals surface area (Å²) < 4.78 is 0. The van der Waals surface area contributed by atoms with E-state index in [1.165, 1.54) is 11.1 Å². The zero-order valence-electron chi connectivity index (χ0n) is 9.70. The van der Waals surface area contributed by atoms with Crippen LogP contribution < -0.4 is 5.32 Å². The van der Waals surface area contributed by atoms with Gasteiger partial charge in [-0.25, -0.2) is 0 Å². The van der Waals surface area contributed by atoms with Crippen LogP contribution in [0.5, 0.6) is 0 Å². The number of rotatable bonds is 4. The molecule has 0 aliphatic rings. The largest absolute Gasteiger partial charge is 0.306 e. The van der Waals surface area contributed by atoms with Gasteiger partial charge in [-0.15, -0.1) is 0 Å². The highest BCUT2D eigenvalue weighted by atomic mass is 15.1. The van der Waals surface area contributed by atoms with Gasteiger partial charge < -0.3 is 5.32 Å². The summed E-state index contributed by atoms with van der Waals surface area (Å²) in [6.45, 7) is 5.06. The minimum atomic E-state index is 0.357. The van der Waals surface area contributed by atoms with Crippen LogP contribution in [0.2, 0.25) is 0 Å². The van der Waals surface area contributed by atoms with Gasteiger partial charge in [0.2, 0.25) is 0 Å². The van der Waals surface area contributed by atoms with Gasteiger partial charge in [-0.05, 0) is 19.4 Å². The Hall–Kier alpha value is -1.61. The van der Waals surface area contributed by atoms with E-state index in [1.54, 1.807) is 0 Å². The number of H-pyrrole nitrogens is 1. The lowest BCUT2D eigenvalue weighted by Gasteiger charge is -2.13. The number of nitrogens with one attached hydrogen (secondary N) is 2. The van der Waals surface area contributed by atoms with E-state index in [-0.39, 0.29) is 0 Å². The Labute approximate surface area is 95.9 Å². The summed E-state index contributed by atoms with van der Waals surface area (Å²) in [5, 5.41) is 10.4. The molecule has 0 saturated carbocycles. The van der Waals surface area contributed by atoms with Crippen molar-refractivity contribution in [3.8, 4) is 0 Å². The maximum atomic E-state index is 4.01. The Balaban J connectivity index is 1.94. The third-order valence-electron chi connectivity index (χ3n) is 2.83. The number of hydrogen-bond acceptors (Lipinski definition) is 2. The van der Waals surface area contributed by atoms with Gasteiger partial charge in [0, 0.05) is 23.8 Å². The number of nitrogens with zero attached hydrogens (tertiary/aromatic N) is 1. The molecule has 1 unspecified atom stereocenters. The monoisotopic (exact) mass is 215 g/mol. The first-order valence-electron chi connectivity index (χ1n) is 5.54. The van der Waals surface area contributed by atoms with Gasteiger partial charge in [0.1, 0.15) is 0 Å². The SMILES string of the molecule is Cc1[nH]ncc1CNC(C)c1ccccc1. The average molecular weight is 215 g/mol. The minimum Gasteiger partial charge on any atom is -0.306 e. The van der Waals surface area contributed by atoms with E-state index in [0.717, 1.165) is 12.2 Å². The molecule has 2 aromatic rings. The Bertz CT molecular complexity index is 433. The molecule has 3 heteroatoms. The van der Waals surface area contributed by atoms with Gasteiger partial charge in [-0.1, -0.05) is 30.3 Å². The predicted molar refractivity (Wildman–Crippen MR) is 65.0 cm³/mol.